The van der Waals surface area contributed by atoms with Gasteiger partial charge in [0.2, 0.25) is 0 Å². The highest BCUT2D eigenvalue weighted by Gasteiger charge is 2.32. The number of amides is 1. The number of rotatable bonds is 3. The number of carbonyl (C=O) groups is 1. The number of likely N-dealkylation sites (tertiary alicyclic amines) is 1. The fraction of sp³-hybridized carbons (Fsp3) is 0.444. The maximum absolute atomic E-state index is 13.1. The van der Waals surface area contributed by atoms with E-state index in [9.17, 15) is 9.18 Å². The SMILES string of the molecule is Cc1c(C(=O)N2CCC[C@H](C)[C@H]2CN)cnn1-c1ccc(F)cc1. The van der Waals surface area contributed by atoms with Crippen molar-refractivity contribution in [3.05, 3.63) is 47.5 Å². The molecule has 1 saturated heterocycles. The minimum atomic E-state index is -0.298. The molecule has 2 N–H and O–H groups in total. The molecule has 1 aromatic carbocycles. The molecule has 6 heteroatoms. The second-order valence-corrected chi connectivity index (χ2v) is 6.45. The first-order valence-electron chi connectivity index (χ1n) is 8.34. The van der Waals surface area contributed by atoms with E-state index in [1.165, 1.54) is 12.1 Å². The molecule has 0 spiro atoms. The summed E-state index contributed by atoms with van der Waals surface area (Å²) in [5, 5.41) is 4.32. The smallest absolute Gasteiger partial charge is 0.257 e. The second kappa shape index (κ2) is 6.73. The molecule has 24 heavy (non-hydrogen) atoms. The highest BCUT2D eigenvalue weighted by molar-refractivity contribution is 5.95. The summed E-state index contributed by atoms with van der Waals surface area (Å²) in [5.41, 5.74) is 7.96. The van der Waals surface area contributed by atoms with Crippen LogP contribution >= 0.6 is 0 Å². The van der Waals surface area contributed by atoms with Gasteiger partial charge in [-0.25, -0.2) is 9.07 Å². The van der Waals surface area contributed by atoms with Crippen LogP contribution in [0.15, 0.2) is 30.5 Å². The molecule has 2 heterocycles. The molecule has 1 aliphatic heterocycles. The van der Waals surface area contributed by atoms with Gasteiger partial charge in [-0.3, -0.25) is 4.79 Å². The van der Waals surface area contributed by atoms with Crippen LogP contribution in [0.25, 0.3) is 5.69 Å². The highest BCUT2D eigenvalue weighted by Crippen LogP contribution is 2.25. The predicted molar refractivity (Wildman–Crippen MR) is 90.5 cm³/mol. The topological polar surface area (TPSA) is 64.2 Å². The number of nitrogens with zero attached hydrogens (tertiary/aromatic N) is 3. The standard InChI is InChI=1S/C18H23FN4O/c1-12-4-3-9-22(17(12)10-20)18(24)16-11-21-23(13(16)2)15-7-5-14(19)6-8-15/h5-8,11-12,17H,3-4,9-10,20H2,1-2H3/t12-,17+/m0/s1. The minimum absolute atomic E-state index is 0.0251. The summed E-state index contributed by atoms with van der Waals surface area (Å²) in [7, 11) is 0. The third kappa shape index (κ3) is 2.94. The zero-order chi connectivity index (χ0) is 17.3. The van der Waals surface area contributed by atoms with E-state index < -0.39 is 0 Å². The number of hydrogen-bond donors (Lipinski definition) is 1. The quantitative estimate of drug-likeness (QED) is 0.940. The van der Waals surface area contributed by atoms with Gasteiger partial charge in [0.25, 0.3) is 5.91 Å². The van der Waals surface area contributed by atoms with Crippen LogP contribution in [0.1, 0.15) is 35.8 Å². The molecule has 3 rings (SSSR count). The number of benzene rings is 1. The van der Waals surface area contributed by atoms with Gasteiger partial charge < -0.3 is 10.6 Å². The highest BCUT2D eigenvalue weighted by atomic mass is 19.1. The summed E-state index contributed by atoms with van der Waals surface area (Å²) in [6.45, 7) is 5.20. The molecule has 1 aromatic heterocycles. The average molecular weight is 330 g/mol. The molecule has 2 aromatic rings. The van der Waals surface area contributed by atoms with Crippen molar-refractivity contribution in [2.45, 2.75) is 32.7 Å². The second-order valence-electron chi connectivity index (χ2n) is 6.45. The number of aromatic nitrogens is 2. The van der Waals surface area contributed by atoms with Gasteiger partial charge in [0.05, 0.1) is 23.1 Å². The van der Waals surface area contributed by atoms with E-state index in [-0.39, 0.29) is 17.8 Å². The predicted octanol–water partition coefficient (Wildman–Crippen LogP) is 2.52. The third-order valence-corrected chi connectivity index (χ3v) is 4.93. The minimum Gasteiger partial charge on any atom is -0.334 e. The summed E-state index contributed by atoms with van der Waals surface area (Å²) in [6, 6.07) is 6.13. The Balaban J connectivity index is 1.90. The third-order valence-electron chi connectivity index (χ3n) is 4.93. The van der Waals surface area contributed by atoms with Crippen LogP contribution in [-0.4, -0.2) is 39.7 Å². The van der Waals surface area contributed by atoms with Crippen LogP contribution in [0.3, 0.4) is 0 Å². The Kier molecular flexibility index (Phi) is 4.66. The molecular formula is C18H23FN4O. The summed E-state index contributed by atoms with van der Waals surface area (Å²) in [4.78, 5) is 14.9. The van der Waals surface area contributed by atoms with Gasteiger partial charge >= 0.3 is 0 Å². The van der Waals surface area contributed by atoms with Crippen molar-refractivity contribution in [2.75, 3.05) is 13.1 Å². The Morgan fingerprint density at radius 3 is 2.75 bits per heavy atom. The average Bonchev–Trinajstić information content (AvgIpc) is 2.96. The molecule has 0 unspecified atom stereocenters. The fourth-order valence-corrected chi connectivity index (χ4v) is 3.48. The first-order valence-corrected chi connectivity index (χ1v) is 8.34. The van der Waals surface area contributed by atoms with Gasteiger partial charge in [-0.1, -0.05) is 6.92 Å². The Hall–Kier alpha value is -2.21. The monoisotopic (exact) mass is 330 g/mol. The lowest BCUT2D eigenvalue weighted by Crippen LogP contribution is -2.51. The van der Waals surface area contributed by atoms with Crippen LogP contribution in [0, 0.1) is 18.7 Å². The van der Waals surface area contributed by atoms with E-state index in [4.69, 9.17) is 5.73 Å². The van der Waals surface area contributed by atoms with Gasteiger partial charge in [-0.15, -0.1) is 0 Å². The van der Waals surface area contributed by atoms with Crippen LogP contribution in [0.4, 0.5) is 4.39 Å². The maximum atomic E-state index is 13.1. The zero-order valence-corrected chi connectivity index (χ0v) is 14.1. The Morgan fingerprint density at radius 1 is 1.38 bits per heavy atom. The molecular weight excluding hydrogens is 307 g/mol. The lowest BCUT2D eigenvalue weighted by Gasteiger charge is -2.39. The van der Waals surface area contributed by atoms with E-state index in [0.29, 0.717) is 18.0 Å². The molecule has 128 valence electrons. The molecule has 0 bridgehead atoms. The van der Waals surface area contributed by atoms with Crippen molar-refractivity contribution in [1.82, 2.24) is 14.7 Å². The number of carbonyl (C=O) groups excluding carboxylic acids is 1. The lowest BCUT2D eigenvalue weighted by molar-refractivity contribution is 0.0532. The molecule has 2 atom stereocenters. The van der Waals surface area contributed by atoms with Crippen LogP contribution < -0.4 is 5.73 Å². The first-order chi connectivity index (χ1) is 11.5. The molecule has 1 fully saturated rings. The summed E-state index contributed by atoms with van der Waals surface area (Å²) in [5.74, 6) is 0.0796. The Bertz CT molecular complexity index is 725. The van der Waals surface area contributed by atoms with Crippen molar-refractivity contribution in [3.8, 4) is 5.69 Å². The van der Waals surface area contributed by atoms with Crippen molar-refractivity contribution >= 4 is 5.91 Å². The number of nitrogens with two attached hydrogens (primary N) is 1. The van der Waals surface area contributed by atoms with Gasteiger partial charge in [0.15, 0.2) is 0 Å². The Labute approximate surface area is 141 Å². The van der Waals surface area contributed by atoms with Gasteiger partial charge in [-0.2, -0.15) is 5.10 Å². The van der Waals surface area contributed by atoms with Crippen molar-refractivity contribution in [3.63, 3.8) is 0 Å². The fourth-order valence-electron chi connectivity index (χ4n) is 3.48. The summed E-state index contributed by atoms with van der Waals surface area (Å²) < 4.78 is 14.8. The molecule has 1 aliphatic rings. The van der Waals surface area contributed by atoms with Gasteiger partial charge in [0.1, 0.15) is 5.82 Å². The van der Waals surface area contributed by atoms with Crippen LogP contribution in [-0.2, 0) is 0 Å². The van der Waals surface area contributed by atoms with E-state index in [1.807, 2.05) is 11.8 Å². The van der Waals surface area contributed by atoms with Crippen molar-refractivity contribution in [1.29, 1.82) is 0 Å². The van der Waals surface area contributed by atoms with E-state index in [2.05, 4.69) is 12.0 Å². The van der Waals surface area contributed by atoms with Crippen molar-refractivity contribution < 1.29 is 9.18 Å². The van der Waals surface area contributed by atoms with Gasteiger partial charge in [0, 0.05) is 19.1 Å². The molecule has 1 amide bonds. The summed E-state index contributed by atoms with van der Waals surface area (Å²) >= 11 is 0. The molecule has 0 aliphatic carbocycles. The lowest BCUT2D eigenvalue weighted by atomic mass is 9.90. The summed E-state index contributed by atoms with van der Waals surface area (Å²) in [6.07, 6.45) is 3.68. The van der Waals surface area contributed by atoms with E-state index in [1.54, 1.807) is 23.0 Å². The molecule has 5 nitrogen and oxygen atoms in total. The molecule has 0 radical (unpaired) electrons. The maximum Gasteiger partial charge on any atom is 0.257 e. The van der Waals surface area contributed by atoms with E-state index >= 15 is 0 Å². The first kappa shape index (κ1) is 16.6. The Morgan fingerprint density at radius 2 is 2.08 bits per heavy atom. The normalized spacial score (nSPS) is 21.1. The number of piperidine rings is 1. The zero-order valence-electron chi connectivity index (χ0n) is 14.1. The number of halogens is 1. The molecule has 0 saturated carbocycles. The van der Waals surface area contributed by atoms with Crippen LogP contribution in [0.2, 0.25) is 0 Å². The largest absolute Gasteiger partial charge is 0.334 e. The van der Waals surface area contributed by atoms with Crippen molar-refractivity contribution in [2.24, 2.45) is 11.7 Å². The van der Waals surface area contributed by atoms with Crippen LogP contribution in [0.5, 0.6) is 0 Å². The van der Waals surface area contributed by atoms with Gasteiger partial charge in [-0.05, 0) is 49.9 Å². The van der Waals surface area contributed by atoms with E-state index in [0.717, 1.165) is 30.8 Å². The number of hydrogen-bond acceptors (Lipinski definition) is 3.